The van der Waals surface area contributed by atoms with E-state index in [-0.39, 0.29) is 5.91 Å². The Morgan fingerprint density at radius 2 is 2.24 bits per heavy atom. The molecule has 1 saturated heterocycles. The zero-order valence-electron chi connectivity index (χ0n) is 14.3. The van der Waals surface area contributed by atoms with Crippen molar-refractivity contribution < 1.29 is 9.21 Å². The normalized spacial score (nSPS) is 18.5. The van der Waals surface area contributed by atoms with Crippen molar-refractivity contribution in [1.29, 1.82) is 0 Å². The number of likely N-dealkylation sites (tertiary alicyclic amines) is 1. The van der Waals surface area contributed by atoms with Gasteiger partial charge in [0.2, 0.25) is 0 Å². The van der Waals surface area contributed by atoms with Gasteiger partial charge < -0.3 is 9.73 Å². The summed E-state index contributed by atoms with van der Waals surface area (Å²) in [5.41, 5.74) is 2.64. The van der Waals surface area contributed by atoms with Crippen molar-refractivity contribution >= 4 is 16.9 Å². The highest BCUT2D eigenvalue weighted by molar-refractivity contribution is 5.91. The summed E-state index contributed by atoms with van der Waals surface area (Å²) in [7, 11) is 1.62. The number of para-hydroxylation sites is 1. The lowest BCUT2D eigenvalue weighted by Gasteiger charge is -2.32. The van der Waals surface area contributed by atoms with E-state index in [0.717, 1.165) is 38.1 Å². The fraction of sp³-hybridized carbons (Fsp3) is 0.368. The number of hydrogen-bond acceptors (Lipinski definition) is 4. The summed E-state index contributed by atoms with van der Waals surface area (Å²) in [6.07, 6.45) is 5.98. The molecule has 0 saturated carbocycles. The van der Waals surface area contributed by atoms with Crippen LogP contribution in [-0.2, 0) is 6.54 Å². The van der Waals surface area contributed by atoms with E-state index in [1.54, 1.807) is 13.1 Å². The van der Waals surface area contributed by atoms with Crippen LogP contribution in [0.2, 0.25) is 0 Å². The minimum Gasteiger partial charge on any atom is -0.464 e. The summed E-state index contributed by atoms with van der Waals surface area (Å²) < 4.78 is 7.59. The largest absolute Gasteiger partial charge is 0.464 e. The molecule has 1 amide bonds. The Kier molecular flexibility index (Phi) is 4.28. The topological polar surface area (TPSA) is 63.3 Å². The average Bonchev–Trinajstić information content (AvgIpc) is 3.29. The van der Waals surface area contributed by atoms with Gasteiger partial charge in [-0.1, -0.05) is 18.2 Å². The van der Waals surface area contributed by atoms with Gasteiger partial charge in [-0.2, -0.15) is 5.10 Å². The number of carbonyl (C=O) groups is 1. The average molecular weight is 338 g/mol. The fourth-order valence-electron chi connectivity index (χ4n) is 3.58. The summed E-state index contributed by atoms with van der Waals surface area (Å²) in [5.74, 6) is -0.142. The van der Waals surface area contributed by atoms with E-state index in [0.29, 0.717) is 11.7 Å². The molecule has 130 valence electrons. The molecule has 1 N–H and O–H groups in total. The monoisotopic (exact) mass is 338 g/mol. The van der Waals surface area contributed by atoms with Crippen molar-refractivity contribution in [3.63, 3.8) is 0 Å². The minimum absolute atomic E-state index is 0.142. The SMILES string of the molecule is CNC(=O)c1ccn(C2CCCN(Cc3coc4ccccc34)C2)n1. The maximum absolute atomic E-state index is 11.7. The maximum atomic E-state index is 11.7. The van der Waals surface area contributed by atoms with Crippen LogP contribution in [0, 0.1) is 0 Å². The first-order valence-electron chi connectivity index (χ1n) is 8.69. The van der Waals surface area contributed by atoms with E-state index >= 15 is 0 Å². The predicted molar refractivity (Wildman–Crippen MR) is 95.4 cm³/mol. The third-order valence-electron chi connectivity index (χ3n) is 4.88. The summed E-state index contributed by atoms with van der Waals surface area (Å²) in [4.78, 5) is 14.1. The van der Waals surface area contributed by atoms with Gasteiger partial charge in [0.1, 0.15) is 11.3 Å². The number of carbonyl (C=O) groups excluding carboxylic acids is 1. The number of aromatic nitrogens is 2. The van der Waals surface area contributed by atoms with Crippen LogP contribution in [0.1, 0.15) is 34.9 Å². The number of furan rings is 1. The van der Waals surface area contributed by atoms with Crippen molar-refractivity contribution in [3.8, 4) is 0 Å². The third kappa shape index (κ3) is 3.17. The lowest BCUT2D eigenvalue weighted by molar-refractivity contribution is 0.0955. The van der Waals surface area contributed by atoms with Gasteiger partial charge in [0.25, 0.3) is 5.91 Å². The van der Waals surface area contributed by atoms with Crippen molar-refractivity contribution in [2.75, 3.05) is 20.1 Å². The van der Waals surface area contributed by atoms with Crippen LogP contribution < -0.4 is 5.32 Å². The van der Waals surface area contributed by atoms with Gasteiger partial charge in [0.05, 0.1) is 12.3 Å². The van der Waals surface area contributed by atoms with Crippen LogP contribution in [0.25, 0.3) is 11.0 Å². The predicted octanol–water partition coefficient (Wildman–Crippen LogP) is 2.83. The third-order valence-corrected chi connectivity index (χ3v) is 4.88. The van der Waals surface area contributed by atoms with Crippen LogP contribution >= 0.6 is 0 Å². The van der Waals surface area contributed by atoms with E-state index in [4.69, 9.17) is 4.42 Å². The number of rotatable bonds is 4. The molecule has 0 bridgehead atoms. The van der Waals surface area contributed by atoms with Gasteiger partial charge in [-0.15, -0.1) is 0 Å². The molecule has 25 heavy (non-hydrogen) atoms. The fourth-order valence-corrected chi connectivity index (χ4v) is 3.58. The number of nitrogens with one attached hydrogen (secondary N) is 1. The van der Waals surface area contributed by atoms with Crippen LogP contribution in [-0.4, -0.2) is 40.7 Å². The minimum atomic E-state index is -0.142. The molecule has 3 heterocycles. The Morgan fingerprint density at radius 3 is 3.12 bits per heavy atom. The van der Waals surface area contributed by atoms with Crippen LogP contribution in [0.15, 0.2) is 47.2 Å². The Bertz CT molecular complexity index is 882. The lowest BCUT2D eigenvalue weighted by Crippen LogP contribution is -2.36. The standard InChI is InChI=1S/C19H22N4O2/c1-20-19(24)17-8-10-23(21-17)15-5-4-9-22(12-15)11-14-13-25-18-7-3-2-6-16(14)18/h2-3,6-8,10,13,15H,4-5,9,11-12H2,1H3,(H,20,24). The molecule has 6 nitrogen and oxygen atoms in total. The summed E-state index contributed by atoms with van der Waals surface area (Å²) in [5, 5.41) is 8.25. The van der Waals surface area contributed by atoms with E-state index < -0.39 is 0 Å². The first kappa shape index (κ1) is 15.9. The number of benzene rings is 1. The molecule has 0 spiro atoms. The van der Waals surface area contributed by atoms with Gasteiger partial charge in [-0.25, -0.2) is 0 Å². The number of fused-ring (bicyclic) bond motifs is 1. The molecule has 1 aliphatic rings. The van der Waals surface area contributed by atoms with Gasteiger partial charge >= 0.3 is 0 Å². The molecule has 1 aliphatic heterocycles. The van der Waals surface area contributed by atoms with E-state index in [1.807, 2.05) is 35.3 Å². The van der Waals surface area contributed by atoms with Gasteiger partial charge in [-0.3, -0.25) is 14.4 Å². The van der Waals surface area contributed by atoms with Crippen molar-refractivity contribution in [1.82, 2.24) is 20.0 Å². The summed E-state index contributed by atoms with van der Waals surface area (Å²) in [6.45, 7) is 2.87. The molecule has 2 aromatic heterocycles. The number of amides is 1. The van der Waals surface area contributed by atoms with Gasteiger partial charge in [0, 0.05) is 37.3 Å². The zero-order valence-corrected chi connectivity index (χ0v) is 14.3. The summed E-state index contributed by atoms with van der Waals surface area (Å²) in [6, 6.07) is 10.2. The highest BCUT2D eigenvalue weighted by Crippen LogP contribution is 2.26. The molecule has 3 aromatic rings. The lowest BCUT2D eigenvalue weighted by atomic mass is 10.0. The molecule has 0 aliphatic carbocycles. The van der Waals surface area contributed by atoms with Crippen molar-refractivity contribution in [2.45, 2.75) is 25.4 Å². The van der Waals surface area contributed by atoms with Gasteiger partial charge in [-0.05, 0) is 31.5 Å². The number of nitrogens with zero attached hydrogens (tertiary/aromatic N) is 3. The highest BCUT2D eigenvalue weighted by Gasteiger charge is 2.23. The maximum Gasteiger partial charge on any atom is 0.271 e. The van der Waals surface area contributed by atoms with E-state index in [2.05, 4.69) is 21.4 Å². The van der Waals surface area contributed by atoms with Crippen LogP contribution in [0.4, 0.5) is 0 Å². The highest BCUT2D eigenvalue weighted by atomic mass is 16.3. The molecular weight excluding hydrogens is 316 g/mol. The van der Waals surface area contributed by atoms with Crippen LogP contribution in [0.3, 0.4) is 0 Å². The zero-order chi connectivity index (χ0) is 17.2. The van der Waals surface area contributed by atoms with E-state index in [1.165, 1.54) is 10.9 Å². The molecule has 1 fully saturated rings. The van der Waals surface area contributed by atoms with Gasteiger partial charge in [0.15, 0.2) is 0 Å². The smallest absolute Gasteiger partial charge is 0.271 e. The molecule has 6 heteroatoms. The molecule has 1 unspecified atom stereocenters. The molecule has 1 atom stereocenters. The molecule has 0 radical (unpaired) electrons. The number of piperidine rings is 1. The Labute approximate surface area is 146 Å². The quantitative estimate of drug-likeness (QED) is 0.794. The first-order chi connectivity index (χ1) is 12.2. The van der Waals surface area contributed by atoms with Crippen molar-refractivity contribution in [2.24, 2.45) is 0 Å². The van der Waals surface area contributed by atoms with Crippen LogP contribution in [0.5, 0.6) is 0 Å². The second kappa shape index (κ2) is 6.72. The summed E-state index contributed by atoms with van der Waals surface area (Å²) >= 11 is 0. The Balaban J connectivity index is 1.47. The number of hydrogen-bond donors (Lipinski definition) is 1. The molecule has 1 aromatic carbocycles. The molecule has 4 rings (SSSR count). The first-order valence-corrected chi connectivity index (χ1v) is 8.69. The second-order valence-electron chi connectivity index (χ2n) is 6.55. The van der Waals surface area contributed by atoms with Crippen molar-refractivity contribution in [3.05, 3.63) is 54.0 Å². The molecular formula is C19H22N4O2. The second-order valence-corrected chi connectivity index (χ2v) is 6.55. The Hall–Kier alpha value is -2.60. The Morgan fingerprint density at radius 1 is 1.36 bits per heavy atom. The van der Waals surface area contributed by atoms with E-state index in [9.17, 15) is 4.79 Å².